The molecule has 0 radical (unpaired) electrons. The van der Waals surface area contributed by atoms with Crippen LogP contribution in [0.25, 0.3) is 45.8 Å². The first-order valence-corrected chi connectivity index (χ1v) is 12.7. The van der Waals surface area contributed by atoms with E-state index in [0.29, 0.717) is 0 Å². The van der Waals surface area contributed by atoms with E-state index >= 15 is 0 Å². The highest BCUT2D eigenvalue weighted by Crippen LogP contribution is 2.30. The summed E-state index contributed by atoms with van der Waals surface area (Å²) in [6.45, 7) is 0. The minimum absolute atomic E-state index is 0.720. The molecule has 0 saturated carbocycles. The van der Waals surface area contributed by atoms with Gasteiger partial charge < -0.3 is 9.80 Å². The molecule has 3 heteroatoms. The van der Waals surface area contributed by atoms with Gasteiger partial charge in [0.2, 0.25) is 0 Å². The Hall–Kier alpha value is -4.81. The summed E-state index contributed by atoms with van der Waals surface area (Å²) in [5, 5.41) is 14.2. The van der Waals surface area contributed by atoms with Crippen molar-refractivity contribution in [3.05, 3.63) is 119 Å². The Morgan fingerprint density at radius 2 is 0.974 bits per heavy atom. The van der Waals surface area contributed by atoms with Crippen LogP contribution >= 0.6 is 0 Å². The van der Waals surface area contributed by atoms with E-state index in [0.717, 1.165) is 49.4 Å². The third kappa shape index (κ3) is 5.31. The molecule has 5 rings (SSSR count). The van der Waals surface area contributed by atoms with Crippen LogP contribution in [-0.4, -0.2) is 28.2 Å². The van der Waals surface area contributed by atoms with Crippen molar-refractivity contribution in [3.63, 3.8) is 0 Å². The van der Waals surface area contributed by atoms with Crippen LogP contribution in [0.2, 0.25) is 0 Å². The zero-order valence-electron chi connectivity index (χ0n) is 22.3. The van der Waals surface area contributed by atoms with Crippen LogP contribution < -0.4 is 9.80 Å². The number of nitrogens with zero attached hydrogens (tertiary/aromatic N) is 3. The Kier molecular flexibility index (Phi) is 6.98. The molecule has 0 bridgehead atoms. The van der Waals surface area contributed by atoms with Crippen LogP contribution in [0.5, 0.6) is 0 Å². The fourth-order valence-corrected chi connectivity index (χ4v) is 4.64. The zero-order chi connectivity index (χ0) is 26.6. The van der Waals surface area contributed by atoms with Crippen molar-refractivity contribution in [1.82, 2.24) is 0 Å². The molecule has 0 aliphatic carbocycles. The molecule has 5 aromatic rings. The van der Waals surface area contributed by atoms with E-state index in [1.165, 1.54) is 11.4 Å². The summed E-state index contributed by atoms with van der Waals surface area (Å²) in [5.41, 5.74) is 7.56. The molecule has 0 amide bonds. The van der Waals surface area contributed by atoms with Crippen LogP contribution in [0, 0.1) is 11.3 Å². The first kappa shape index (κ1) is 24.9. The number of nitriles is 1. The molecule has 0 N–H and O–H groups in total. The molecular formula is C35H31N3. The summed E-state index contributed by atoms with van der Waals surface area (Å²) in [6.07, 6.45) is 8.47. The van der Waals surface area contributed by atoms with Gasteiger partial charge in [0.25, 0.3) is 0 Å². The molecule has 0 heterocycles. The first-order chi connectivity index (χ1) is 18.4. The van der Waals surface area contributed by atoms with Crippen LogP contribution in [0.3, 0.4) is 0 Å². The standard InChI is InChI=1S/C35H31N3/c1-37(2)31-16-10-25(11-17-31)5-7-27-14-20-33-30(21-27)23-29-15-9-28(22-34(29)35(33)24-36)8-6-26-12-18-32(19-13-26)38(3)4/h5-23H,1-4H3. The maximum atomic E-state index is 10.1. The molecule has 0 spiro atoms. The van der Waals surface area contributed by atoms with E-state index < -0.39 is 0 Å². The lowest BCUT2D eigenvalue weighted by atomic mass is 9.94. The molecule has 0 saturated heterocycles. The second-order valence-corrected chi connectivity index (χ2v) is 9.96. The second-order valence-electron chi connectivity index (χ2n) is 9.96. The minimum atomic E-state index is 0.720. The van der Waals surface area contributed by atoms with Gasteiger partial charge in [-0.3, -0.25) is 0 Å². The summed E-state index contributed by atoms with van der Waals surface area (Å²) < 4.78 is 0. The third-order valence-electron chi connectivity index (χ3n) is 6.87. The van der Waals surface area contributed by atoms with E-state index in [9.17, 15) is 5.26 Å². The summed E-state index contributed by atoms with van der Waals surface area (Å²) in [4.78, 5) is 4.19. The highest BCUT2D eigenvalue weighted by Gasteiger charge is 2.08. The van der Waals surface area contributed by atoms with Crippen molar-refractivity contribution in [1.29, 1.82) is 5.26 Å². The molecule has 0 aliphatic heterocycles. The lowest BCUT2D eigenvalue weighted by molar-refractivity contribution is 1.13. The van der Waals surface area contributed by atoms with E-state index in [4.69, 9.17) is 0 Å². The van der Waals surface area contributed by atoms with E-state index in [1.807, 2.05) is 28.2 Å². The molecule has 0 atom stereocenters. The highest BCUT2D eigenvalue weighted by atomic mass is 15.1. The molecule has 0 aliphatic rings. The molecule has 0 fully saturated rings. The zero-order valence-corrected chi connectivity index (χ0v) is 22.3. The maximum Gasteiger partial charge on any atom is 0.100 e. The number of rotatable bonds is 6. The van der Waals surface area contributed by atoms with E-state index in [1.54, 1.807) is 0 Å². The number of hydrogen-bond donors (Lipinski definition) is 0. The average Bonchev–Trinajstić information content (AvgIpc) is 2.94. The van der Waals surface area contributed by atoms with Crippen molar-refractivity contribution in [2.24, 2.45) is 0 Å². The smallest absolute Gasteiger partial charge is 0.100 e. The Morgan fingerprint density at radius 1 is 0.500 bits per heavy atom. The number of anilines is 2. The molecule has 0 unspecified atom stereocenters. The van der Waals surface area contributed by atoms with Gasteiger partial charge in [-0.2, -0.15) is 5.26 Å². The fraction of sp³-hybridized carbons (Fsp3) is 0.114. The van der Waals surface area contributed by atoms with Gasteiger partial charge in [-0.05, 0) is 75.5 Å². The number of hydrogen-bond acceptors (Lipinski definition) is 3. The quantitative estimate of drug-likeness (QED) is 0.176. The van der Waals surface area contributed by atoms with Gasteiger partial charge >= 0.3 is 0 Å². The molecule has 0 aromatic heterocycles. The molecule has 186 valence electrons. The van der Waals surface area contributed by atoms with Gasteiger partial charge in [-0.1, -0.05) is 72.8 Å². The Labute approximate surface area is 225 Å². The molecule has 5 aromatic carbocycles. The lowest BCUT2D eigenvalue weighted by Gasteiger charge is -2.11. The second kappa shape index (κ2) is 10.7. The van der Waals surface area contributed by atoms with Gasteiger partial charge in [0.05, 0.1) is 5.56 Å². The Morgan fingerprint density at radius 3 is 1.50 bits per heavy atom. The average molecular weight is 494 g/mol. The van der Waals surface area contributed by atoms with Gasteiger partial charge in [-0.25, -0.2) is 0 Å². The topological polar surface area (TPSA) is 30.3 Å². The molecule has 3 nitrogen and oxygen atoms in total. The van der Waals surface area contributed by atoms with Crippen molar-refractivity contribution >= 4 is 57.2 Å². The Balaban J connectivity index is 1.44. The van der Waals surface area contributed by atoms with E-state index in [2.05, 4.69) is 131 Å². The normalized spacial score (nSPS) is 11.4. The SMILES string of the molecule is CN(C)c1ccc(C=Cc2ccc3c(C#N)c4cc(C=Cc5ccc(N(C)C)cc5)ccc4cc3c2)cc1. The van der Waals surface area contributed by atoms with Gasteiger partial charge in [0.1, 0.15) is 6.07 Å². The van der Waals surface area contributed by atoms with Gasteiger partial charge in [-0.15, -0.1) is 0 Å². The monoisotopic (exact) mass is 493 g/mol. The number of benzene rings is 5. The van der Waals surface area contributed by atoms with Crippen molar-refractivity contribution in [3.8, 4) is 6.07 Å². The lowest BCUT2D eigenvalue weighted by Crippen LogP contribution is -2.07. The summed E-state index contributed by atoms with van der Waals surface area (Å²) in [6, 6.07) is 34.3. The summed E-state index contributed by atoms with van der Waals surface area (Å²) in [7, 11) is 8.17. The Bertz CT molecular complexity index is 1700. The predicted octanol–water partition coefficient (Wildman–Crippen LogP) is 8.34. The molecular weight excluding hydrogens is 462 g/mol. The van der Waals surface area contributed by atoms with Gasteiger partial charge in [0, 0.05) is 50.3 Å². The maximum absolute atomic E-state index is 10.1. The fourth-order valence-electron chi connectivity index (χ4n) is 4.64. The summed E-state index contributed by atoms with van der Waals surface area (Å²) in [5.74, 6) is 0. The van der Waals surface area contributed by atoms with E-state index in [-0.39, 0.29) is 0 Å². The van der Waals surface area contributed by atoms with Crippen LogP contribution in [0.1, 0.15) is 27.8 Å². The minimum Gasteiger partial charge on any atom is -0.378 e. The first-order valence-electron chi connectivity index (χ1n) is 12.7. The van der Waals surface area contributed by atoms with Crippen molar-refractivity contribution in [2.75, 3.05) is 38.0 Å². The highest BCUT2D eigenvalue weighted by molar-refractivity contribution is 6.05. The molecule has 38 heavy (non-hydrogen) atoms. The third-order valence-corrected chi connectivity index (χ3v) is 6.87. The predicted molar refractivity (Wildman–Crippen MR) is 166 cm³/mol. The summed E-state index contributed by atoms with van der Waals surface area (Å²) >= 11 is 0. The van der Waals surface area contributed by atoms with Crippen LogP contribution in [0.15, 0.2) is 91.0 Å². The van der Waals surface area contributed by atoms with Crippen molar-refractivity contribution < 1.29 is 0 Å². The van der Waals surface area contributed by atoms with Crippen LogP contribution in [0.4, 0.5) is 11.4 Å². The largest absolute Gasteiger partial charge is 0.378 e. The van der Waals surface area contributed by atoms with Gasteiger partial charge in [0.15, 0.2) is 0 Å². The van der Waals surface area contributed by atoms with Crippen molar-refractivity contribution in [2.45, 2.75) is 0 Å². The van der Waals surface area contributed by atoms with Crippen LogP contribution in [-0.2, 0) is 0 Å². The number of fused-ring (bicyclic) bond motifs is 2.